The average molecular weight is 160 g/mol. The van der Waals surface area contributed by atoms with Crippen molar-refractivity contribution in [2.24, 2.45) is 0 Å². The third-order valence-electron chi connectivity index (χ3n) is 1.50. The summed E-state index contributed by atoms with van der Waals surface area (Å²) in [6.07, 6.45) is 7.28. The second-order valence-electron chi connectivity index (χ2n) is 2.28. The van der Waals surface area contributed by atoms with E-state index in [0.29, 0.717) is 0 Å². The number of anilines is 1. The number of allylic oxidation sites excluding steroid dienone is 2. The third-order valence-corrected chi connectivity index (χ3v) is 1.50. The summed E-state index contributed by atoms with van der Waals surface area (Å²) in [7, 11) is 1.88. The van der Waals surface area contributed by atoms with Crippen molar-refractivity contribution in [2.45, 2.75) is 0 Å². The molecule has 0 unspecified atom stereocenters. The molecule has 0 saturated heterocycles. The van der Waals surface area contributed by atoms with Crippen molar-refractivity contribution in [3.63, 3.8) is 0 Å². The van der Waals surface area contributed by atoms with E-state index in [1.807, 2.05) is 31.3 Å². The van der Waals surface area contributed by atoms with Gasteiger partial charge >= 0.3 is 0 Å². The van der Waals surface area contributed by atoms with Crippen LogP contribution in [0, 0.1) is 0 Å². The minimum absolute atomic E-state index is 0.930. The van der Waals surface area contributed by atoms with Gasteiger partial charge in [0, 0.05) is 13.2 Å². The summed E-state index contributed by atoms with van der Waals surface area (Å²) < 4.78 is 0. The Morgan fingerprint density at radius 2 is 2.42 bits per heavy atom. The lowest BCUT2D eigenvalue weighted by atomic mass is 10.2. The van der Waals surface area contributed by atoms with Crippen LogP contribution in [0.5, 0.6) is 0 Å². The Bertz CT molecular complexity index is 290. The van der Waals surface area contributed by atoms with Gasteiger partial charge in [-0.25, -0.2) is 0 Å². The Morgan fingerprint density at radius 1 is 1.58 bits per heavy atom. The molecule has 0 aromatic carbocycles. The SMILES string of the molecule is C=C/C=C/c1ncccc1NC. The molecule has 0 aliphatic heterocycles. The molecular weight excluding hydrogens is 148 g/mol. The first-order valence-corrected chi connectivity index (χ1v) is 3.80. The van der Waals surface area contributed by atoms with E-state index in [9.17, 15) is 0 Å². The van der Waals surface area contributed by atoms with E-state index >= 15 is 0 Å². The highest BCUT2D eigenvalue weighted by atomic mass is 14.9. The smallest absolute Gasteiger partial charge is 0.0860 e. The van der Waals surface area contributed by atoms with E-state index in [1.54, 1.807) is 12.3 Å². The monoisotopic (exact) mass is 160 g/mol. The van der Waals surface area contributed by atoms with Crippen LogP contribution in [-0.4, -0.2) is 12.0 Å². The van der Waals surface area contributed by atoms with Gasteiger partial charge in [-0.3, -0.25) is 4.98 Å². The van der Waals surface area contributed by atoms with Gasteiger partial charge in [-0.1, -0.05) is 18.7 Å². The molecule has 0 bridgehead atoms. The molecule has 0 amide bonds. The zero-order chi connectivity index (χ0) is 8.81. The Morgan fingerprint density at radius 3 is 3.08 bits per heavy atom. The first-order chi connectivity index (χ1) is 5.88. The summed E-state index contributed by atoms with van der Waals surface area (Å²) in [6, 6.07) is 3.88. The lowest BCUT2D eigenvalue weighted by Gasteiger charge is -2.01. The van der Waals surface area contributed by atoms with Crippen LogP contribution in [0.3, 0.4) is 0 Å². The molecule has 0 spiro atoms. The summed E-state index contributed by atoms with van der Waals surface area (Å²) in [5, 5.41) is 3.06. The van der Waals surface area contributed by atoms with Gasteiger partial charge in [-0.15, -0.1) is 0 Å². The topological polar surface area (TPSA) is 24.9 Å². The van der Waals surface area contributed by atoms with Gasteiger partial charge in [0.2, 0.25) is 0 Å². The minimum atomic E-state index is 0.930. The standard InChI is InChI=1S/C10H12N2/c1-3-4-6-10-9(11-2)7-5-8-12-10/h3-8,11H,1H2,2H3/b6-4+. The molecule has 62 valence electrons. The van der Waals surface area contributed by atoms with Crippen molar-refractivity contribution in [1.82, 2.24) is 4.98 Å². The van der Waals surface area contributed by atoms with E-state index in [0.717, 1.165) is 11.4 Å². The largest absolute Gasteiger partial charge is 0.386 e. The fourth-order valence-electron chi connectivity index (χ4n) is 0.921. The summed E-state index contributed by atoms with van der Waals surface area (Å²) in [4.78, 5) is 4.19. The number of nitrogens with one attached hydrogen (secondary N) is 1. The fourth-order valence-corrected chi connectivity index (χ4v) is 0.921. The zero-order valence-electron chi connectivity index (χ0n) is 7.12. The van der Waals surface area contributed by atoms with Gasteiger partial charge in [0.1, 0.15) is 0 Å². The molecule has 1 aromatic rings. The quantitative estimate of drug-likeness (QED) is 0.686. The van der Waals surface area contributed by atoms with E-state index in [1.165, 1.54) is 0 Å². The zero-order valence-corrected chi connectivity index (χ0v) is 7.12. The van der Waals surface area contributed by atoms with Gasteiger partial charge in [-0.05, 0) is 18.2 Å². The van der Waals surface area contributed by atoms with Crippen molar-refractivity contribution in [1.29, 1.82) is 0 Å². The van der Waals surface area contributed by atoms with Gasteiger partial charge in [-0.2, -0.15) is 0 Å². The van der Waals surface area contributed by atoms with Crippen LogP contribution >= 0.6 is 0 Å². The first kappa shape index (κ1) is 8.53. The number of rotatable bonds is 3. The maximum atomic E-state index is 4.19. The average Bonchev–Trinajstić information content (AvgIpc) is 2.15. The minimum Gasteiger partial charge on any atom is -0.386 e. The number of hydrogen-bond acceptors (Lipinski definition) is 2. The third kappa shape index (κ3) is 1.95. The predicted octanol–water partition coefficient (Wildman–Crippen LogP) is 2.32. The maximum Gasteiger partial charge on any atom is 0.0860 e. The van der Waals surface area contributed by atoms with E-state index in [-0.39, 0.29) is 0 Å². The lowest BCUT2D eigenvalue weighted by molar-refractivity contribution is 1.28. The molecule has 2 heteroatoms. The molecule has 0 aliphatic rings. The Balaban J connectivity index is 2.96. The summed E-state index contributed by atoms with van der Waals surface area (Å²) in [5.41, 5.74) is 1.95. The van der Waals surface area contributed by atoms with Crippen LogP contribution in [-0.2, 0) is 0 Å². The van der Waals surface area contributed by atoms with Gasteiger partial charge in [0.25, 0.3) is 0 Å². The highest BCUT2D eigenvalue weighted by Crippen LogP contribution is 2.12. The molecule has 2 nitrogen and oxygen atoms in total. The van der Waals surface area contributed by atoms with Gasteiger partial charge in [0.15, 0.2) is 0 Å². The number of pyridine rings is 1. The van der Waals surface area contributed by atoms with Crippen LogP contribution in [0.25, 0.3) is 6.08 Å². The molecule has 0 fully saturated rings. The summed E-state index contributed by atoms with van der Waals surface area (Å²) >= 11 is 0. The van der Waals surface area contributed by atoms with Gasteiger partial charge < -0.3 is 5.32 Å². The normalized spacial score (nSPS) is 10.1. The van der Waals surface area contributed by atoms with E-state index in [4.69, 9.17) is 0 Å². The molecule has 0 radical (unpaired) electrons. The Kier molecular flexibility index (Phi) is 3.08. The van der Waals surface area contributed by atoms with Crippen LogP contribution in [0.15, 0.2) is 37.1 Å². The number of aromatic nitrogens is 1. The van der Waals surface area contributed by atoms with Crippen LogP contribution in [0.1, 0.15) is 5.69 Å². The predicted molar refractivity (Wildman–Crippen MR) is 53.0 cm³/mol. The van der Waals surface area contributed by atoms with Gasteiger partial charge in [0.05, 0.1) is 11.4 Å². The van der Waals surface area contributed by atoms with Crippen LogP contribution in [0.4, 0.5) is 5.69 Å². The molecule has 12 heavy (non-hydrogen) atoms. The van der Waals surface area contributed by atoms with E-state index in [2.05, 4.69) is 16.9 Å². The molecule has 1 heterocycles. The van der Waals surface area contributed by atoms with Crippen molar-refractivity contribution in [3.05, 3.63) is 42.8 Å². The summed E-state index contributed by atoms with van der Waals surface area (Å²) in [6.45, 7) is 3.60. The highest BCUT2D eigenvalue weighted by molar-refractivity contribution is 5.63. The Labute approximate surface area is 72.6 Å². The second-order valence-corrected chi connectivity index (χ2v) is 2.28. The van der Waals surface area contributed by atoms with Crippen LogP contribution < -0.4 is 5.32 Å². The summed E-state index contributed by atoms with van der Waals surface area (Å²) in [5.74, 6) is 0. The van der Waals surface area contributed by atoms with Crippen molar-refractivity contribution in [2.75, 3.05) is 12.4 Å². The first-order valence-electron chi connectivity index (χ1n) is 3.80. The number of hydrogen-bond donors (Lipinski definition) is 1. The van der Waals surface area contributed by atoms with E-state index < -0.39 is 0 Å². The molecule has 1 aromatic heterocycles. The maximum absolute atomic E-state index is 4.19. The highest BCUT2D eigenvalue weighted by Gasteiger charge is 1.94. The molecule has 1 N–H and O–H groups in total. The van der Waals surface area contributed by atoms with Crippen molar-refractivity contribution in [3.8, 4) is 0 Å². The molecule has 1 rings (SSSR count). The fraction of sp³-hybridized carbons (Fsp3) is 0.100. The van der Waals surface area contributed by atoms with Crippen molar-refractivity contribution < 1.29 is 0 Å². The van der Waals surface area contributed by atoms with Crippen molar-refractivity contribution >= 4 is 11.8 Å². The Hall–Kier alpha value is -1.57. The second kappa shape index (κ2) is 4.34. The van der Waals surface area contributed by atoms with Crippen LogP contribution in [0.2, 0.25) is 0 Å². The number of nitrogens with zero attached hydrogens (tertiary/aromatic N) is 1. The molecule has 0 aliphatic carbocycles. The lowest BCUT2D eigenvalue weighted by Crippen LogP contribution is -1.92. The molecular formula is C10H12N2. The molecule has 0 atom stereocenters. The molecule has 0 saturated carbocycles.